The van der Waals surface area contributed by atoms with Gasteiger partial charge in [0, 0.05) is 5.92 Å². The molecule has 14 heavy (non-hydrogen) atoms. The fourth-order valence-electron chi connectivity index (χ4n) is 1.94. The molecule has 0 heterocycles. The third-order valence-electron chi connectivity index (χ3n) is 2.90. The summed E-state index contributed by atoms with van der Waals surface area (Å²) in [6.45, 7) is 10.4. The van der Waals surface area contributed by atoms with Crippen LogP contribution in [0.2, 0.25) is 0 Å². The smallest absolute Gasteiger partial charge is 0.182 e. The standard InChI is InChI=1S/C13H20N/c1-5-10-14(4)13-9-7-8-12(13)11(3)6-2/h5-7,9-10,12-13H,4,8H2,1-3H3/q+1/b10-5-,11-6+. The summed E-state index contributed by atoms with van der Waals surface area (Å²) >= 11 is 0. The molecule has 1 aliphatic carbocycles. The van der Waals surface area contributed by atoms with Crippen LogP contribution in [0.5, 0.6) is 0 Å². The molecular formula is C13H20N+. The summed E-state index contributed by atoms with van der Waals surface area (Å²) < 4.78 is 2.04. The molecule has 1 aliphatic rings. The zero-order valence-corrected chi connectivity index (χ0v) is 9.40. The van der Waals surface area contributed by atoms with Crippen LogP contribution in [-0.2, 0) is 0 Å². The maximum absolute atomic E-state index is 4.04. The van der Waals surface area contributed by atoms with E-state index in [2.05, 4.69) is 38.8 Å². The molecule has 1 nitrogen and oxygen atoms in total. The number of allylic oxidation sites excluding steroid dienone is 3. The third-order valence-corrected chi connectivity index (χ3v) is 2.90. The molecule has 0 N–H and O–H groups in total. The molecular weight excluding hydrogens is 170 g/mol. The number of nitrogens with zero attached hydrogens (tertiary/aromatic N) is 1. The molecule has 0 amide bonds. The second-order valence-corrected chi connectivity index (χ2v) is 3.79. The monoisotopic (exact) mass is 190 g/mol. The normalized spacial score (nSPS) is 27.5. The van der Waals surface area contributed by atoms with E-state index in [0.717, 1.165) is 6.42 Å². The minimum absolute atomic E-state index is 0.433. The molecule has 0 radical (unpaired) electrons. The Morgan fingerprint density at radius 2 is 2.21 bits per heavy atom. The predicted molar refractivity (Wildman–Crippen MR) is 62.7 cm³/mol. The Balaban J connectivity index is 2.77. The quantitative estimate of drug-likeness (QED) is 0.365. The van der Waals surface area contributed by atoms with Crippen molar-refractivity contribution in [3.63, 3.8) is 0 Å². The van der Waals surface area contributed by atoms with E-state index in [1.54, 1.807) is 0 Å². The average molecular weight is 190 g/mol. The second-order valence-electron chi connectivity index (χ2n) is 3.79. The summed E-state index contributed by atoms with van der Waals surface area (Å²) in [5.41, 5.74) is 1.46. The molecule has 0 aromatic rings. The van der Waals surface area contributed by atoms with Gasteiger partial charge in [0.05, 0.1) is 0 Å². The van der Waals surface area contributed by atoms with Crippen molar-refractivity contribution >= 4 is 6.72 Å². The van der Waals surface area contributed by atoms with Crippen molar-refractivity contribution < 1.29 is 4.58 Å². The summed E-state index contributed by atoms with van der Waals surface area (Å²) in [6, 6.07) is 0.433. The van der Waals surface area contributed by atoms with Gasteiger partial charge in [0.15, 0.2) is 12.2 Å². The Bertz CT molecular complexity index is 294. The van der Waals surface area contributed by atoms with Gasteiger partial charge in [-0.3, -0.25) is 0 Å². The van der Waals surface area contributed by atoms with Gasteiger partial charge in [0.1, 0.15) is 6.72 Å². The van der Waals surface area contributed by atoms with Crippen molar-refractivity contribution in [2.24, 2.45) is 5.92 Å². The largest absolute Gasteiger partial charge is 0.205 e. The van der Waals surface area contributed by atoms with Gasteiger partial charge in [0.25, 0.3) is 0 Å². The number of rotatable bonds is 3. The predicted octanol–water partition coefficient (Wildman–Crippen LogP) is 3.14. The second kappa shape index (κ2) is 4.94. The third kappa shape index (κ3) is 2.22. The van der Waals surface area contributed by atoms with Crippen LogP contribution in [0.3, 0.4) is 0 Å². The Morgan fingerprint density at radius 1 is 1.50 bits per heavy atom. The number of hydrogen-bond donors (Lipinski definition) is 0. The lowest BCUT2D eigenvalue weighted by Gasteiger charge is -2.15. The lowest BCUT2D eigenvalue weighted by atomic mass is 9.94. The van der Waals surface area contributed by atoms with Crippen LogP contribution in [0.15, 0.2) is 36.1 Å². The zero-order valence-electron chi connectivity index (χ0n) is 9.40. The van der Waals surface area contributed by atoms with Crippen LogP contribution in [0.1, 0.15) is 27.2 Å². The van der Waals surface area contributed by atoms with Gasteiger partial charge in [-0.25, -0.2) is 4.58 Å². The summed E-state index contributed by atoms with van der Waals surface area (Å²) in [5, 5.41) is 0. The van der Waals surface area contributed by atoms with E-state index >= 15 is 0 Å². The van der Waals surface area contributed by atoms with Gasteiger partial charge in [-0.05, 0) is 39.3 Å². The lowest BCUT2D eigenvalue weighted by Crippen LogP contribution is -2.25. The first kappa shape index (κ1) is 11.0. The van der Waals surface area contributed by atoms with Crippen molar-refractivity contribution in [2.45, 2.75) is 33.2 Å². The van der Waals surface area contributed by atoms with E-state index in [4.69, 9.17) is 0 Å². The van der Waals surface area contributed by atoms with Crippen molar-refractivity contribution in [2.75, 3.05) is 0 Å². The molecule has 76 valence electrons. The first-order chi connectivity index (χ1) is 6.70. The minimum atomic E-state index is 0.433. The van der Waals surface area contributed by atoms with Gasteiger partial charge >= 0.3 is 0 Å². The molecule has 1 heteroatoms. The van der Waals surface area contributed by atoms with Crippen LogP contribution in [0, 0.1) is 5.92 Å². The van der Waals surface area contributed by atoms with E-state index < -0.39 is 0 Å². The van der Waals surface area contributed by atoms with Crippen LogP contribution in [-0.4, -0.2) is 17.3 Å². The maximum Gasteiger partial charge on any atom is 0.182 e. The first-order valence-corrected chi connectivity index (χ1v) is 5.21. The zero-order chi connectivity index (χ0) is 10.6. The molecule has 0 saturated carbocycles. The summed E-state index contributed by atoms with van der Waals surface area (Å²) in [5.74, 6) is 0.605. The van der Waals surface area contributed by atoms with Gasteiger partial charge in [-0.2, -0.15) is 0 Å². The Hall–Kier alpha value is -1.11. The molecule has 0 saturated heterocycles. The van der Waals surface area contributed by atoms with Gasteiger partial charge in [-0.15, -0.1) is 0 Å². The summed E-state index contributed by atoms with van der Waals surface area (Å²) in [6.07, 6.45) is 11.9. The highest BCUT2D eigenvalue weighted by atomic mass is 15.0. The molecule has 1 rings (SSSR count). The first-order valence-electron chi connectivity index (χ1n) is 5.21. The molecule has 0 aromatic heterocycles. The Morgan fingerprint density at radius 3 is 2.79 bits per heavy atom. The van der Waals surface area contributed by atoms with Crippen LogP contribution in [0.25, 0.3) is 0 Å². The molecule has 0 bridgehead atoms. The Labute approximate surface area is 87.1 Å². The molecule has 0 spiro atoms. The van der Waals surface area contributed by atoms with Crippen molar-refractivity contribution in [3.05, 3.63) is 36.1 Å². The molecule has 0 fully saturated rings. The topological polar surface area (TPSA) is 3.01 Å². The molecule has 0 aliphatic heterocycles. The van der Waals surface area contributed by atoms with Gasteiger partial charge < -0.3 is 0 Å². The number of hydrogen-bond acceptors (Lipinski definition) is 0. The van der Waals surface area contributed by atoms with E-state index in [9.17, 15) is 0 Å². The van der Waals surface area contributed by atoms with E-state index in [0.29, 0.717) is 12.0 Å². The van der Waals surface area contributed by atoms with Gasteiger partial charge in [0.2, 0.25) is 0 Å². The maximum atomic E-state index is 4.04. The van der Waals surface area contributed by atoms with Crippen molar-refractivity contribution in [1.29, 1.82) is 0 Å². The van der Waals surface area contributed by atoms with E-state index in [1.807, 2.05) is 23.8 Å². The fourth-order valence-corrected chi connectivity index (χ4v) is 1.94. The highest BCUT2D eigenvalue weighted by Gasteiger charge is 2.30. The molecule has 2 unspecified atom stereocenters. The van der Waals surface area contributed by atoms with Crippen molar-refractivity contribution in [3.8, 4) is 0 Å². The Kier molecular flexibility index (Phi) is 3.87. The molecule has 0 aromatic carbocycles. The summed E-state index contributed by atoms with van der Waals surface area (Å²) in [4.78, 5) is 0. The minimum Gasteiger partial charge on any atom is -0.205 e. The fraction of sp³-hybridized carbons (Fsp3) is 0.462. The van der Waals surface area contributed by atoms with E-state index in [1.165, 1.54) is 5.57 Å². The average Bonchev–Trinajstić information content (AvgIpc) is 2.65. The van der Waals surface area contributed by atoms with Crippen LogP contribution >= 0.6 is 0 Å². The van der Waals surface area contributed by atoms with Crippen molar-refractivity contribution in [1.82, 2.24) is 0 Å². The lowest BCUT2D eigenvalue weighted by molar-refractivity contribution is -0.484. The van der Waals surface area contributed by atoms with E-state index in [-0.39, 0.29) is 0 Å². The highest BCUT2D eigenvalue weighted by Crippen LogP contribution is 2.28. The van der Waals surface area contributed by atoms with Gasteiger partial charge in [-0.1, -0.05) is 17.7 Å². The molecule has 2 atom stereocenters. The van der Waals surface area contributed by atoms with Crippen LogP contribution < -0.4 is 0 Å². The highest BCUT2D eigenvalue weighted by molar-refractivity contribution is 5.21. The van der Waals surface area contributed by atoms with Crippen LogP contribution in [0.4, 0.5) is 0 Å². The summed E-state index contributed by atoms with van der Waals surface area (Å²) in [7, 11) is 0. The SMILES string of the molecule is C=[N+](/C=C\C)C1C=CCC1/C(C)=C/C.